The van der Waals surface area contributed by atoms with Gasteiger partial charge in [-0.05, 0) is 54.8 Å². The molecule has 1 fully saturated rings. The van der Waals surface area contributed by atoms with Gasteiger partial charge in [0, 0.05) is 12.1 Å². The number of carboxylic acid groups (broad SMARTS) is 1. The fourth-order valence-electron chi connectivity index (χ4n) is 2.75. The first-order valence-electron chi connectivity index (χ1n) is 8.06. The van der Waals surface area contributed by atoms with Crippen LogP contribution in [0.15, 0.2) is 47.4 Å². The normalized spacial score (nSPS) is 15.7. The number of thiocarbonyl (C=S) groups is 1. The van der Waals surface area contributed by atoms with Crippen LogP contribution in [0.1, 0.15) is 28.4 Å². The minimum absolute atomic E-state index is 0.0368. The van der Waals surface area contributed by atoms with Crippen molar-refractivity contribution in [3.63, 3.8) is 0 Å². The molecule has 1 aliphatic heterocycles. The predicted octanol–water partition coefficient (Wildman–Crippen LogP) is 4.40. The number of anilines is 1. The van der Waals surface area contributed by atoms with Crippen LogP contribution in [0.4, 0.5) is 11.4 Å². The number of hydrogen-bond acceptors (Lipinski definition) is 6. The largest absolute Gasteiger partial charge is 0.478 e. The van der Waals surface area contributed by atoms with Gasteiger partial charge in [0.15, 0.2) is 4.32 Å². The molecule has 1 saturated heterocycles. The zero-order valence-electron chi connectivity index (χ0n) is 14.8. The van der Waals surface area contributed by atoms with E-state index in [0.717, 1.165) is 17.3 Å². The van der Waals surface area contributed by atoms with Crippen molar-refractivity contribution < 1.29 is 19.6 Å². The molecule has 1 heterocycles. The Labute approximate surface area is 169 Å². The molecule has 0 spiro atoms. The summed E-state index contributed by atoms with van der Waals surface area (Å²) in [6.07, 6.45) is 0. The fourth-order valence-corrected chi connectivity index (χ4v) is 4.08. The summed E-state index contributed by atoms with van der Waals surface area (Å²) in [5, 5.41) is 20.0. The molecule has 142 valence electrons. The number of carbonyl (C=O) groups excluding carboxylic acids is 1. The van der Waals surface area contributed by atoms with Crippen LogP contribution in [-0.2, 0) is 4.79 Å². The number of nitro groups is 1. The van der Waals surface area contributed by atoms with E-state index in [1.54, 1.807) is 32.0 Å². The number of nitrogens with zero attached hydrogens (tertiary/aromatic N) is 2. The highest BCUT2D eigenvalue weighted by molar-refractivity contribution is 8.27. The van der Waals surface area contributed by atoms with Crippen LogP contribution >= 0.6 is 24.0 Å². The van der Waals surface area contributed by atoms with Gasteiger partial charge in [0.25, 0.3) is 11.6 Å². The van der Waals surface area contributed by atoms with E-state index in [1.165, 1.54) is 29.2 Å². The number of amides is 1. The SMILES string of the molecule is C/C(=C1/SC(=S)N(c2cc(C(=O)O)ccc2C)C1=O)c1ccc([N+](=O)[O-])cc1. The van der Waals surface area contributed by atoms with E-state index in [-0.39, 0.29) is 17.2 Å². The van der Waals surface area contributed by atoms with E-state index in [9.17, 15) is 24.8 Å². The van der Waals surface area contributed by atoms with E-state index in [0.29, 0.717) is 26.0 Å². The minimum Gasteiger partial charge on any atom is -0.478 e. The van der Waals surface area contributed by atoms with Gasteiger partial charge in [0.05, 0.1) is 21.1 Å². The van der Waals surface area contributed by atoms with Crippen LogP contribution in [0.25, 0.3) is 5.57 Å². The highest BCUT2D eigenvalue weighted by Gasteiger charge is 2.36. The average molecular weight is 414 g/mol. The third-order valence-corrected chi connectivity index (χ3v) is 5.79. The number of non-ortho nitro benzene ring substituents is 1. The summed E-state index contributed by atoms with van der Waals surface area (Å²) >= 11 is 6.49. The van der Waals surface area contributed by atoms with E-state index in [4.69, 9.17) is 12.2 Å². The maximum atomic E-state index is 13.0. The van der Waals surface area contributed by atoms with Gasteiger partial charge in [-0.2, -0.15) is 0 Å². The fraction of sp³-hybridized carbons (Fsp3) is 0.105. The van der Waals surface area contributed by atoms with Crippen LogP contribution in [0.5, 0.6) is 0 Å². The molecule has 0 bridgehead atoms. The molecule has 0 saturated carbocycles. The monoisotopic (exact) mass is 414 g/mol. The lowest BCUT2D eigenvalue weighted by Crippen LogP contribution is -2.28. The number of benzene rings is 2. The Bertz CT molecular complexity index is 1060. The molecule has 0 aromatic heterocycles. The molecule has 0 radical (unpaired) electrons. The number of aromatic carboxylic acids is 1. The minimum atomic E-state index is -1.09. The summed E-state index contributed by atoms with van der Waals surface area (Å²) in [7, 11) is 0. The molecule has 1 N–H and O–H groups in total. The van der Waals surface area contributed by atoms with Gasteiger partial charge in [0.1, 0.15) is 0 Å². The lowest BCUT2D eigenvalue weighted by atomic mass is 10.1. The number of nitro benzene ring substituents is 1. The lowest BCUT2D eigenvalue weighted by Gasteiger charge is -2.18. The van der Waals surface area contributed by atoms with Gasteiger partial charge in [-0.25, -0.2) is 4.79 Å². The maximum Gasteiger partial charge on any atom is 0.335 e. The van der Waals surface area contributed by atoms with Crippen molar-refractivity contribution in [2.75, 3.05) is 4.90 Å². The third kappa shape index (κ3) is 3.54. The highest BCUT2D eigenvalue weighted by Crippen LogP contribution is 2.40. The summed E-state index contributed by atoms with van der Waals surface area (Å²) in [6.45, 7) is 3.51. The molecular formula is C19H14N2O5S2. The van der Waals surface area contributed by atoms with Crippen LogP contribution in [0, 0.1) is 17.0 Å². The first-order valence-corrected chi connectivity index (χ1v) is 9.29. The molecule has 1 amide bonds. The molecule has 2 aromatic carbocycles. The molecule has 0 atom stereocenters. The summed E-state index contributed by atoms with van der Waals surface area (Å²) in [6, 6.07) is 10.4. The van der Waals surface area contributed by atoms with Crippen LogP contribution in [-0.4, -0.2) is 26.2 Å². The van der Waals surface area contributed by atoms with Crippen LogP contribution < -0.4 is 4.90 Å². The van der Waals surface area contributed by atoms with Crippen LogP contribution in [0.3, 0.4) is 0 Å². The second kappa shape index (κ2) is 7.53. The van der Waals surface area contributed by atoms with Crippen molar-refractivity contribution in [2.45, 2.75) is 13.8 Å². The summed E-state index contributed by atoms with van der Waals surface area (Å²) < 4.78 is 0.298. The van der Waals surface area contributed by atoms with Gasteiger partial charge < -0.3 is 5.11 Å². The van der Waals surface area contributed by atoms with Gasteiger partial charge in [-0.3, -0.25) is 19.8 Å². The summed E-state index contributed by atoms with van der Waals surface area (Å²) in [4.78, 5) is 36.4. The second-order valence-electron chi connectivity index (χ2n) is 6.07. The topological polar surface area (TPSA) is 101 Å². The van der Waals surface area contributed by atoms with E-state index in [2.05, 4.69) is 0 Å². The molecule has 0 unspecified atom stereocenters. The Morgan fingerprint density at radius 3 is 2.36 bits per heavy atom. The second-order valence-corrected chi connectivity index (χ2v) is 7.72. The van der Waals surface area contributed by atoms with Crippen molar-refractivity contribution in [1.82, 2.24) is 0 Å². The zero-order valence-corrected chi connectivity index (χ0v) is 16.5. The van der Waals surface area contributed by atoms with Crippen molar-refractivity contribution in [1.29, 1.82) is 0 Å². The molecule has 7 nitrogen and oxygen atoms in total. The quantitative estimate of drug-likeness (QED) is 0.342. The number of thioether (sulfide) groups is 1. The van der Waals surface area contributed by atoms with E-state index >= 15 is 0 Å². The smallest absolute Gasteiger partial charge is 0.335 e. The number of carbonyl (C=O) groups is 2. The van der Waals surface area contributed by atoms with Crippen molar-refractivity contribution in [3.05, 3.63) is 74.2 Å². The lowest BCUT2D eigenvalue weighted by molar-refractivity contribution is -0.384. The molecule has 1 aliphatic rings. The Balaban J connectivity index is 2.02. The van der Waals surface area contributed by atoms with Gasteiger partial charge in [-0.1, -0.05) is 30.0 Å². The standard InChI is InChI=1S/C19H14N2O5S2/c1-10-3-4-13(18(23)24)9-15(10)20-17(22)16(28-19(20)27)11(2)12-5-7-14(8-6-12)21(25)26/h3-9H,1-2H3,(H,23,24)/b16-11-. The first-order chi connectivity index (χ1) is 13.2. The van der Waals surface area contributed by atoms with E-state index in [1.807, 2.05) is 0 Å². The molecular weight excluding hydrogens is 400 g/mol. The number of rotatable bonds is 4. The Hall–Kier alpha value is -3.04. The molecule has 0 aliphatic carbocycles. The predicted molar refractivity (Wildman–Crippen MR) is 112 cm³/mol. The molecule has 28 heavy (non-hydrogen) atoms. The Morgan fingerprint density at radius 2 is 1.79 bits per heavy atom. The van der Waals surface area contributed by atoms with Crippen molar-refractivity contribution in [3.8, 4) is 0 Å². The van der Waals surface area contributed by atoms with Crippen molar-refractivity contribution in [2.24, 2.45) is 0 Å². The molecule has 3 rings (SSSR count). The Kier molecular flexibility index (Phi) is 5.30. The number of aryl methyl sites for hydroxylation is 1. The van der Waals surface area contributed by atoms with E-state index < -0.39 is 10.9 Å². The van der Waals surface area contributed by atoms with Gasteiger partial charge in [0.2, 0.25) is 0 Å². The summed E-state index contributed by atoms with van der Waals surface area (Å²) in [5.74, 6) is -1.44. The summed E-state index contributed by atoms with van der Waals surface area (Å²) in [5.41, 5.74) is 2.48. The van der Waals surface area contributed by atoms with Crippen LogP contribution in [0.2, 0.25) is 0 Å². The van der Waals surface area contributed by atoms with Crippen molar-refractivity contribution >= 4 is 57.1 Å². The van der Waals surface area contributed by atoms with Gasteiger partial charge in [-0.15, -0.1) is 0 Å². The number of carboxylic acids is 1. The molecule has 2 aromatic rings. The highest BCUT2D eigenvalue weighted by atomic mass is 32.2. The van der Waals surface area contributed by atoms with Gasteiger partial charge >= 0.3 is 5.97 Å². The average Bonchev–Trinajstić information content (AvgIpc) is 2.95. The molecule has 9 heteroatoms. The number of hydrogen-bond donors (Lipinski definition) is 1. The first kappa shape index (κ1) is 19.7. The number of allylic oxidation sites excluding steroid dienone is 1. The maximum absolute atomic E-state index is 13.0. The third-order valence-electron chi connectivity index (χ3n) is 4.32. The Morgan fingerprint density at radius 1 is 1.18 bits per heavy atom. The zero-order chi connectivity index (χ0) is 20.6.